The highest BCUT2D eigenvalue weighted by Crippen LogP contribution is 2.68. The van der Waals surface area contributed by atoms with E-state index in [0.717, 1.165) is 48.3 Å². The van der Waals surface area contributed by atoms with Gasteiger partial charge in [-0.15, -0.1) is 0 Å². The van der Waals surface area contributed by atoms with Crippen molar-refractivity contribution in [2.75, 3.05) is 0 Å². The first-order valence-electron chi connectivity index (χ1n) is 12.8. The average Bonchev–Trinajstić information content (AvgIpc) is 2.99. The van der Waals surface area contributed by atoms with E-state index in [0.29, 0.717) is 22.5 Å². The van der Waals surface area contributed by atoms with Crippen molar-refractivity contribution in [2.45, 2.75) is 112 Å². The van der Waals surface area contributed by atoms with E-state index in [9.17, 15) is 4.79 Å². The van der Waals surface area contributed by atoms with Crippen molar-refractivity contribution in [3.63, 3.8) is 0 Å². The molecule has 0 bridgehead atoms. The number of hydrogen-bond donors (Lipinski definition) is 0. The lowest BCUT2D eigenvalue weighted by Gasteiger charge is -2.60. The van der Waals surface area contributed by atoms with Crippen LogP contribution in [-0.4, -0.2) is 5.78 Å². The molecule has 0 aromatic rings. The van der Waals surface area contributed by atoms with Gasteiger partial charge in [0.05, 0.1) is 0 Å². The number of hydrogen-bond acceptors (Lipinski definition) is 1. The van der Waals surface area contributed by atoms with E-state index in [2.05, 4.69) is 34.6 Å². The number of fused-ring (bicyclic) bond motifs is 5. The maximum atomic E-state index is 12.1. The highest BCUT2D eigenvalue weighted by Gasteiger charge is 2.60. The van der Waals surface area contributed by atoms with Crippen molar-refractivity contribution in [3.8, 4) is 0 Å². The molecule has 7 unspecified atom stereocenters. The minimum absolute atomic E-state index is 0.471. The maximum Gasteiger partial charge on any atom is 0.133 e. The van der Waals surface area contributed by atoms with E-state index in [-0.39, 0.29) is 0 Å². The van der Waals surface area contributed by atoms with Crippen molar-refractivity contribution in [3.05, 3.63) is 0 Å². The summed E-state index contributed by atoms with van der Waals surface area (Å²) in [5.41, 5.74) is 1.07. The van der Waals surface area contributed by atoms with Gasteiger partial charge in [-0.2, -0.15) is 0 Å². The van der Waals surface area contributed by atoms with Gasteiger partial charge in [-0.3, -0.25) is 4.79 Å². The highest BCUT2D eigenvalue weighted by molar-refractivity contribution is 5.79. The predicted molar refractivity (Wildman–Crippen MR) is 118 cm³/mol. The van der Waals surface area contributed by atoms with Crippen LogP contribution in [0, 0.1) is 52.3 Å². The molecule has 1 nitrogen and oxygen atoms in total. The molecule has 0 aromatic carbocycles. The summed E-state index contributed by atoms with van der Waals surface area (Å²) in [6.07, 6.45) is 15.9. The SMILES string of the molecule is CC(C)CCCC(C)C1CCC2C3CC[C@@H]4CC(=O)CCC4(C)C3CCC12C. The summed E-state index contributed by atoms with van der Waals surface area (Å²) < 4.78 is 0. The van der Waals surface area contributed by atoms with Crippen molar-refractivity contribution in [2.24, 2.45) is 52.3 Å². The van der Waals surface area contributed by atoms with Crippen LogP contribution in [0.2, 0.25) is 0 Å². The first-order valence-corrected chi connectivity index (χ1v) is 12.8. The van der Waals surface area contributed by atoms with Crippen LogP contribution >= 0.6 is 0 Å². The molecule has 8 atom stereocenters. The van der Waals surface area contributed by atoms with Gasteiger partial charge in [0.2, 0.25) is 0 Å². The quantitative estimate of drug-likeness (QED) is 0.473. The molecule has 4 aliphatic rings. The third-order valence-corrected chi connectivity index (χ3v) is 10.7. The minimum atomic E-state index is 0.471. The highest BCUT2D eigenvalue weighted by atomic mass is 16.1. The molecule has 28 heavy (non-hydrogen) atoms. The largest absolute Gasteiger partial charge is 0.300 e. The van der Waals surface area contributed by atoms with Crippen molar-refractivity contribution >= 4 is 5.78 Å². The van der Waals surface area contributed by atoms with Gasteiger partial charge in [-0.1, -0.05) is 53.9 Å². The molecule has 0 spiro atoms. The maximum absolute atomic E-state index is 12.1. The first kappa shape index (κ1) is 20.9. The molecule has 4 rings (SSSR count). The van der Waals surface area contributed by atoms with Crippen LogP contribution in [0.4, 0.5) is 0 Å². The Bertz CT molecular complexity index is 579. The Labute approximate surface area is 174 Å². The lowest BCUT2D eigenvalue weighted by Crippen LogP contribution is -2.53. The Morgan fingerprint density at radius 2 is 1.64 bits per heavy atom. The van der Waals surface area contributed by atoms with Gasteiger partial charge in [0.15, 0.2) is 0 Å². The molecular formula is C27H46O. The van der Waals surface area contributed by atoms with Gasteiger partial charge in [0.1, 0.15) is 5.78 Å². The summed E-state index contributed by atoms with van der Waals surface area (Å²) in [6, 6.07) is 0. The van der Waals surface area contributed by atoms with Crippen LogP contribution < -0.4 is 0 Å². The van der Waals surface area contributed by atoms with Crippen LogP contribution in [-0.2, 0) is 4.79 Å². The van der Waals surface area contributed by atoms with E-state index in [1.54, 1.807) is 0 Å². The lowest BCUT2D eigenvalue weighted by molar-refractivity contribution is -0.140. The van der Waals surface area contributed by atoms with Gasteiger partial charge in [0.25, 0.3) is 0 Å². The molecule has 0 heterocycles. The molecule has 0 aliphatic heterocycles. The fraction of sp³-hybridized carbons (Fsp3) is 0.963. The third-order valence-electron chi connectivity index (χ3n) is 10.7. The number of rotatable bonds is 5. The summed E-state index contributed by atoms with van der Waals surface area (Å²) in [5.74, 6) is 6.82. The molecule has 4 aliphatic carbocycles. The van der Waals surface area contributed by atoms with Crippen molar-refractivity contribution in [1.82, 2.24) is 0 Å². The average molecular weight is 387 g/mol. The number of ketones is 1. The molecule has 0 aromatic heterocycles. The smallest absolute Gasteiger partial charge is 0.133 e. The topological polar surface area (TPSA) is 17.1 Å². The molecule has 4 saturated carbocycles. The molecule has 0 radical (unpaired) electrons. The summed E-state index contributed by atoms with van der Waals surface area (Å²) in [7, 11) is 0. The molecule has 0 N–H and O–H groups in total. The Hall–Kier alpha value is -0.330. The second-order valence-corrected chi connectivity index (χ2v) is 12.4. The van der Waals surface area contributed by atoms with Gasteiger partial charge < -0.3 is 0 Å². The van der Waals surface area contributed by atoms with Crippen LogP contribution in [0.15, 0.2) is 0 Å². The normalized spacial score (nSPS) is 46.8. The fourth-order valence-corrected chi connectivity index (χ4v) is 9.07. The Kier molecular flexibility index (Phi) is 5.78. The summed E-state index contributed by atoms with van der Waals surface area (Å²) in [4.78, 5) is 12.1. The number of Topliss-reactive ketones (excluding diaryl/α,β-unsaturated/α-hetero) is 1. The van der Waals surface area contributed by atoms with Crippen LogP contribution in [0.3, 0.4) is 0 Å². The van der Waals surface area contributed by atoms with Crippen LogP contribution in [0.5, 0.6) is 0 Å². The van der Waals surface area contributed by atoms with E-state index in [1.165, 1.54) is 64.2 Å². The number of carbonyl (C=O) groups is 1. The summed E-state index contributed by atoms with van der Waals surface area (Å²) in [5, 5.41) is 0. The van der Waals surface area contributed by atoms with Crippen molar-refractivity contribution in [1.29, 1.82) is 0 Å². The molecule has 0 saturated heterocycles. The zero-order valence-electron chi connectivity index (χ0n) is 19.4. The van der Waals surface area contributed by atoms with Crippen LogP contribution in [0.1, 0.15) is 112 Å². The Balaban J connectivity index is 1.47. The first-order chi connectivity index (χ1) is 13.3. The van der Waals surface area contributed by atoms with E-state index in [1.807, 2.05) is 0 Å². The second-order valence-electron chi connectivity index (χ2n) is 12.4. The van der Waals surface area contributed by atoms with Gasteiger partial charge in [-0.25, -0.2) is 0 Å². The zero-order valence-corrected chi connectivity index (χ0v) is 19.4. The summed E-state index contributed by atoms with van der Waals surface area (Å²) in [6.45, 7) is 12.6. The monoisotopic (exact) mass is 386 g/mol. The van der Waals surface area contributed by atoms with Gasteiger partial charge in [0, 0.05) is 12.8 Å². The van der Waals surface area contributed by atoms with E-state index in [4.69, 9.17) is 0 Å². The fourth-order valence-electron chi connectivity index (χ4n) is 9.07. The molecule has 1 heteroatoms. The van der Waals surface area contributed by atoms with Gasteiger partial charge in [-0.05, 0) is 97.2 Å². The predicted octanol–water partition coefficient (Wildman–Crippen LogP) is 7.68. The van der Waals surface area contributed by atoms with Crippen molar-refractivity contribution < 1.29 is 4.79 Å². The van der Waals surface area contributed by atoms with E-state index < -0.39 is 0 Å². The molecule has 0 amide bonds. The Morgan fingerprint density at radius 1 is 0.893 bits per heavy atom. The molecule has 4 fully saturated rings. The van der Waals surface area contributed by atoms with Gasteiger partial charge >= 0.3 is 0 Å². The zero-order chi connectivity index (χ0) is 20.1. The summed E-state index contributed by atoms with van der Waals surface area (Å²) >= 11 is 0. The van der Waals surface area contributed by atoms with E-state index >= 15 is 0 Å². The molecule has 160 valence electrons. The standard InChI is InChI=1S/C27H46O/c1-18(2)7-6-8-19(3)23-11-12-24-22-10-9-20-17-21(28)13-15-26(20,4)25(22)14-16-27(23,24)5/h18-20,22-25H,6-17H2,1-5H3/t19?,20-,22?,23?,24?,25?,26?,27?/m1/s1. The lowest BCUT2D eigenvalue weighted by atomic mass is 9.44. The Morgan fingerprint density at radius 3 is 2.39 bits per heavy atom. The second kappa shape index (κ2) is 7.73. The van der Waals surface area contributed by atoms with Crippen LogP contribution in [0.25, 0.3) is 0 Å². The number of carbonyl (C=O) groups excluding carboxylic acids is 1. The minimum Gasteiger partial charge on any atom is -0.300 e. The molecular weight excluding hydrogens is 340 g/mol. The third kappa shape index (κ3) is 3.41.